The van der Waals surface area contributed by atoms with Gasteiger partial charge in [0.2, 0.25) is 0 Å². The lowest BCUT2D eigenvalue weighted by molar-refractivity contribution is 0.0652. The van der Waals surface area contributed by atoms with Crippen LogP contribution in [0.15, 0.2) is 48.8 Å². The maximum atomic E-state index is 12.6. The number of fused-ring (bicyclic) bond motifs is 2. The van der Waals surface area contributed by atoms with Crippen molar-refractivity contribution in [2.75, 3.05) is 17.8 Å². The maximum Gasteiger partial charge on any atom is 0.253 e. The van der Waals surface area contributed by atoms with Crippen molar-refractivity contribution in [3.63, 3.8) is 0 Å². The molecule has 2 aromatic carbocycles. The highest BCUT2D eigenvalue weighted by molar-refractivity contribution is 8.25. The van der Waals surface area contributed by atoms with Crippen LogP contribution in [0, 0.1) is 0 Å². The van der Waals surface area contributed by atoms with Gasteiger partial charge in [-0.15, -0.1) is 10.8 Å². The Balaban J connectivity index is 1.60. The summed E-state index contributed by atoms with van der Waals surface area (Å²) in [5, 5.41) is 1.93. The second-order valence-electron chi connectivity index (χ2n) is 7.05. The van der Waals surface area contributed by atoms with Crippen molar-refractivity contribution in [2.24, 2.45) is 0 Å². The summed E-state index contributed by atoms with van der Waals surface area (Å²) in [5.74, 6) is 0.269. The van der Waals surface area contributed by atoms with E-state index in [0.29, 0.717) is 5.56 Å². The lowest BCUT2D eigenvalue weighted by Crippen LogP contribution is -2.41. The molecule has 3 N–H and O–H groups in total. The quantitative estimate of drug-likeness (QED) is 0.615. The third-order valence-electron chi connectivity index (χ3n) is 5.20. The van der Waals surface area contributed by atoms with Gasteiger partial charge in [0, 0.05) is 42.0 Å². The topological polar surface area (TPSA) is 85.7 Å². The molecule has 0 unspecified atom stereocenters. The van der Waals surface area contributed by atoms with E-state index in [4.69, 9.17) is 0 Å². The number of hydrogen-bond acceptors (Lipinski definition) is 5. The van der Waals surface area contributed by atoms with Crippen LogP contribution < -0.4 is 4.72 Å². The number of anilines is 1. The molecule has 0 bridgehead atoms. The summed E-state index contributed by atoms with van der Waals surface area (Å²) in [5.41, 5.74) is 4.18. The first-order chi connectivity index (χ1) is 13.0. The number of nitrogens with zero attached hydrogens (tertiary/aromatic N) is 2. The van der Waals surface area contributed by atoms with Crippen LogP contribution in [0.3, 0.4) is 0 Å². The summed E-state index contributed by atoms with van der Waals surface area (Å²) in [7, 11) is -2.79. The summed E-state index contributed by atoms with van der Waals surface area (Å²) in [6.07, 6.45) is 4.65. The molecular formula is C20H19N3O3S. The first-order valence-corrected chi connectivity index (χ1v) is 10.6. The third-order valence-corrected chi connectivity index (χ3v) is 6.46. The largest absolute Gasteiger partial charge is 0.339 e. The summed E-state index contributed by atoms with van der Waals surface area (Å²) in [6, 6.07) is 11.5. The van der Waals surface area contributed by atoms with E-state index in [1.54, 1.807) is 12.4 Å². The summed E-state index contributed by atoms with van der Waals surface area (Å²) < 4.78 is 22.6. The highest BCUT2D eigenvalue weighted by Gasteiger charge is 2.25. The Morgan fingerprint density at radius 2 is 1.96 bits per heavy atom. The molecule has 1 saturated heterocycles. The SMILES string of the molecule is O=C(c1ccc2cncc(-c3ccc4c(c3)CS(O)(O)N4)c2c1)N1CCC1. The molecule has 2 aliphatic rings. The molecule has 0 aliphatic carbocycles. The minimum atomic E-state index is -2.79. The number of amides is 1. The monoisotopic (exact) mass is 381 g/mol. The van der Waals surface area contributed by atoms with Gasteiger partial charge in [-0.2, -0.15) is 0 Å². The Bertz CT molecular complexity index is 1080. The lowest BCUT2D eigenvalue weighted by atomic mass is 9.97. The van der Waals surface area contributed by atoms with Gasteiger partial charge in [0.1, 0.15) is 0 Å². The van der Waals surface area contributed by atoms with Crippen molar-refractivity contribution < 1.29 is 13.9 Å². The van der Waals surface area contributed by atoms with E-state index in [1.165, 1.54) is 0 Å². The normalized spacial score (nSPS) is 18.5. The highest BCUT2D eigenvalue weighted by atomic mass is 32.3. The van der Waals surface area contributed by atoms with Gasteiger partial charge in [-0.3, -0.25) is 23.6 Å². The number of likely N-dealkylation sites (tertiary alicyclic amines) is 1. The zero-order chi connectivity index (χ0) is 18.6. The molecule has 27 heavy (non-hydrogen) atoms. The minimum absolute atomic E-state index is 0.0676. The van der Waals surface area contributed by atoms with Crippen molar-refractivity contribution in [2.45, 2.75) is 12.2 Å². The van der Waals surface area contributed by atoms with E-state index in [0.717, 1.165) is 52.7 Å². The van der Waals surface area contributed by atoms with Gasteiger partial charge in [-0.1, -0.05) is 12.1 Å². The second-order valence-corrected chi connectivity index (χ2v) is 8.88. The molecule has 3 aromatic rings. The Labute approximate surface area is 158 Å². The number of hydrogen-bond donors (Lipinski definition) is 3. The number of carbonyl (C=O) groups is 1. The average molecular weight is 381 g/mol. The fraction of sp³-hybridized carbons (Fsp3) is 0.200. The zero-order valence-electron chi connectivity index (χ0n) is 14.6. The van der Waals surface area contributed by atoms with E-state index in [2.05, 4.69) is 9.71 Å². The molecule has 6 nitrogen and oxygen atoms in total. The van der Waals surface area contributed by atoms with Crippen molar-refractivity contribution in [1.82, 2.24) is 9.88 Å². The van der Waals surface area contributed by atoms with E-state index >= 15 is 0 Å². The molecule has 0 atom stereocenters. The van der Waals surface area contributed by atoms with Crippen LogP contribution in [0.5, 0.6) is 0 Å². The molecule has 3 heterocycles. The number of aromatic nitrogens is 1. The number of nitrogens with one attached hydrogen (secondary N) is 1. The summed E-state index contributed by atoms with van der Waals surface area (Å²) in [6.45, 7) is 1.65. The fourth-order valence-electron chi connectivity index (χ4n) is 3.64. The predicted octanol–water partition coefficient (Wildman–Crippen LogP) is 4.34. The molecular weight excluding hydrogens is 362 g/mol. The summed E-state index contributed by atoms with van der Waals surface area (Å²) in [4.78, 5) is 18.8. The molecule has 0 radical (unpaired) electrons. The van der Waals surface area contributed by atoms with Gasteiger partial charge in [0.15, 0.2) is 0 Å². The van der Waals surface area contributed by atoms with E-state index in [-0.39, 0.29) is 11.7 Å². The van der Waals surface area contributed by atoms with Gasteiger partial charge >= 0.3 is 0 Å². The Morgan fingerprint density at radius 3 is 2.74 bits per heavy atom. The van der Waals surface area contributed by atoms with Crippen molar-refractivity contribution in [3.8, 4) is 11.1 Å². The fourth-order valence-corrected chi connectivity index (χ4v) is 4.93. The van der Waals surface area contributed by atoms with Crippen LogP contribution in [0.2, 0.25) is 0 Å². The summed E-state index contributed by atoms with van der Waals surface area (Å²) >= 11 is 0. The molecule has 7 heteroatoms. The predicted molar refractivity (Wildman–Crippen MR) is 108 cm³/mol. The molecule has 1 aromatic heterocycles. The average Bonchev–Trinajstić information content (AvgIpc) is 2.92. The zero-order valence-corrected chi connectivity index (χ0v) is 15.4. The molecule has 2 aliphatic heterocycles. The van der Waals surface area contributed by atoms with E-state index in [1.807, 2.05) is 41.3 Å². The van der Waals surface area contributed by atoms with Crippen LogP contribution in [0.25, 0.3) is 21.9 Å². The van der Waals surface area contributed by atoms with E-state index in [9.17, 15) is 13.9 Å². The van der Waals surface area contributed by atoms with Crippen molar-refractivity contribution in [3.05, 3.63) is 59.9 Å². The second kappa shape index (κ2) is 5.95. The smallest absolute Gasteiger partial charge is 0.253 e. The van der Waals surface area contributed by atoms with Crippen LogP contribution in [-0.2, 0) is 5.75 Å². The molecule has 5 rings (SSSR count). The van der Waals surface area contributed by atoms with Gasteiger partial charge < -0.3 is 4.90 Å². The number of rotatable bonds is 2. The number of benzene rings is 2. The van der Waals surface area contributed by atoms with Crippen LogP contribution >= 0.6 is 10.8 Å². The van der Waals surface area contributed by atoms with Crippen LogP contribution in [-0.4, -0.2) is 38.0 Å². The number of pyridine rings is 1. The van der Waals surface area contributed by atoms with Gasteiger partial charge in [0.25, 0.3) is 5.91 Å². The number of carbonyl (C=O) groups excluding carboxylic acids is 1. The van der Waals surface area contributed by atoms with Crippen LogP contribution in [0.1, 0.15) is 22.3 Å². The first kappa shape index (κ1) is 16.6. The van der Waals surface area contributed by atoms with Crippen molar-refractivity contribution >= 4 is 33.1 Å². The Kier molecular flexibility index (Phi) is 3.65. The molecule has 1 fully saturated rings. The third kappa shape index (κ3) is 2.84. The molecule has 138 valence electrons. The standard InChI is InChI=1S/C20H19N3O3S/c24-20(23-6-1-7-23)14-2-3-15-10-21-11-18(17(15)9-14)13-4-5-19-16(8-13)12-27(25,26)22-19/h2-5,8-11,22,25-26H,1,6-7,12H2. The Hall–Kier alpha value is -2.61. The maximum absolute atomic E-state index is 12.6. The van der Waals surface area contributed by atoms with Crippen LogP contribution in [0.4, 0.5) is 5.69 Å². The minimum Gasteiger partial charge on any atom is -0.339 e. The van der Waals surface area contributed by atoms with Gasteiger partial charge in [-0.05, 0) is 47.2 Å². The van der Waals surface area contributed by atoms with Gasteiger partial charge in [-0.25, -0.2) is 0 Å². The Morgan fingerprint density at radius 1 is 1.11 bits per heavy atom. The lowest BCUT2D eigenvalue weighted by Gasteiger charge is -2.31. The molecule has 0 spiro atoms. The van der Waals surface area contributed by atoms with Gasteiger partial charge in [0.05, 0.1) is 11.4 Å². The molecule has 1 amide bonds. The molecule has 0 saturated carbocycles. The highest BCUT2D eigenvalue weighted by Crippen LogP contribution is 2.51. The van der Waals surface area contributed by atoms with Crippen molar-refractivity contribution in [1.29, 1.82) is 0 Å². The first-order valence-electron chi connectivity index (χ1n) is 8.84. The van der Waals surface area contributed by atoms with E-state index < -0.39 is 10.8 Å².